The van der Waals surface area contributed by atoms with Crippen molar-refractivity contribution in [2.45, 2.75) is 13.0 Å². The van der Waals surface area contributed by atoms with Crippen LogP contribution < -0.4 is 16.0 Å². The Balaban J connectivity index is 1.59. The molecule has 0 aliphatic carbocycles. The minimum absolute atomic E-state index is 0.0743. The van der Waals surface area contributed by atoms with Crippen molar-refractivity contribution in [3.63, 3.8) is 0 Å². The van der Waals surface area contributed by atoms with Crippen molar-refractivity contribution in [2.24, 2.45) is 0 Å². The summed E-state index contributed by atoms with van der Waals surface area (Å²) in [7, 11) is 1.59. The van der Waals surface area contributed by atoms with Gasteiger partial charge in [0.25, 0.3) is 11.8 Å². The normalized spacial score (nSPS) is 11.8. The Morgan fingerprint density at radius 3 is 2.41 bits per heavy atom. The van der Waals surface area contributed by atoms with Gasteiger partial charge in [0.05, 0.1) is 0 Å². The monoisotopic (exact) mass is 362 g/mol. The van der Waals surface area contributed by atoms with Crippen LogP contribution in [0.5, 0.6) is 0 Å². The quantitative estimate of drug-likeness (QED) is 0.630. The molecule has 5 nitrogen and oxygen atoms in total. The molecule has 5 heteroatoms. The minimum Gasteiger partial charge on any atom is -0.355 e. The van der Waals surface area contributed by atoms with Gasteiger partial charge >= 0.3 is 0 Å². The van der Waals surface area contributed by atoms with Crippen LogP contribution in [0.4, 0.5) is 5.69 Å². The van der Waals surface area contributed by atoms with Gasteiger partial charge in [0.15, 0.2) is 6.54 Å². The average Bonchev–Trinajstić information content (AvgIpc) is 2.71. The Morgan fingerprint density at radius 1 is 0.963 bits per heavy atom. The van der Waals surface area contributed by atoms with Crippen LogP contribution in [-0.2, 0) is 4.79 Å². The molecule has 1 atom stereocenters. The maximum atomic E-state index is 12.3. The molecular weight excluding hydrogens is 338 g/mol. The van der Waals surface area contributed by atoms with Gasteiger partial charge in [-0.3, -0.25) is 9.59 Å². The summed E-state index contributed by atoms with van der Waals surface area (Å²) < 4.78 is 0. The molecule has 0 unspecified atom stereocenters. The second-order valence-electron chi connectivity index (χ2n) is 6.50. The van der Waals surface area contributed by atoms with E-state index < -0.39 is 0 Å². The zero-order chi connectivity index (χ0) is 19.2. The highest BCUT2D eigenvalue weighted by Crippen LogP contribution is 2.22. The summed E-state index contributed by atoms with van der Waals surface area (Å²) in [5, 5.41) is 9.88. The van der Waals surface area contributed by atoms with Gasteiger partial charge in [-0.1, -0.05) is 42.5 Å². The predicted molar refractivity (Wildman–Crippen MR) is 108 cm³/mol. The number of benzene rings is 3. The Morgan fingerprint density at radius 2 is 1.67 bits per heavy atom. The smallest absolute Gasteiger partial charge is 0.279 e. The Bertz CT molecular complexity index is 946. The number of carbonyl (C=O) groups excluding carboxylic acids is 2. The molecule has 3 rings (SSSR count). The summed E-state index contributed by atoms with van der Waals surface area (Å²) in [6, 6.07) is 21.6. The van der Waals surface area contributed by atoms with E-state index >= 15 is 0 Å². The molecule has 138 valence electrons. The zero-order valence-electron chi connectivity index (χ0n) is 15.5. The number of carbonyl (C=O) groups is 2. The third-order valence-corrected chi connectivity index (χ3v) is 4.63. The van der Waals surface area contributed by atoms with Crippen molar-refractivity contribution in [2.75, 3.05) is 18.9 Å². The second-order valence-corrected chi connectivity index (χ2v) is 6.50. The highest BCUT2D eigenvalue weighted by atomic mass is 16.2. The molecule has 0 saturated carbocycles. The molecule has 0 heterocycles. The van der Waals surface area contributed by atoms with E-state index in [1.807, 2.05) is 17.4 Å². The highest BCUT2D eigenvalue weighted by molar-refractivity contribution is 5.95. The van der Waals surface area contributed by atoms with E-state index in [0.29, 0.717) is 17.8 Å². The van der Waals surface area contributed by atoms with E-state index in [4.69, 9.17) is 0 Å². The maximum Gasteiger partial charge on any atom is 0.279 e. The average molecular weight is 362 g/mol. The summed E-state index contributed by atoms with van der Waals surface area (Å²) >= 11 is 0. The second kappa shape index (κ2) is 8.47. The largest absolute Gasteiger partial charge is 0.355 e. The van der Waals surface area contributed by atoms with Gasteiger partial charge in [-0.05, 0) is 42.0 Å². The number of amides is 2. The summed E-state index contributed by atoms with van der Waals surface area (Å²) in [6.45, 7) is 2.43. The lowest BCUT2D eigenvalue weighted by atomic mass is 10.00. The van der Waals surface area contributed by atoms with Crippen LogP contribution in [0.1, 0.15) is 28.9 Å². The first-order chi connectivity index (χ1) is 13.1. The molecule has 2 amide bonds. The van der Waals surface area contributed by atoms with E-state index in [-0.39, 0.29) is 17.9 Å². The van der Waals surface area contributed by atoms with Crippen LogP contribution in [0, 0.1) is 0 Å². The highest BCUT2D eigenvalue weighted by Gasteiger charge is 2.14. The van der Waals surface area contributed by atoms with Gasteiger partial charge in [-0.25, -0.2) is 0 Å². The summed E-state index contributed by atoms with van der Waals surface area (Å²) in [5.74, 6) is -0.222. The first-order valence-electron chi connectivity index (χ1n) is 9.01. The van der Waals surface area contributed by atoms with Crippen molar-refractivity contribution < 1.29 is 14.9 Å². The van der Waals surface area contributed by atoms with Gasteiger partial charge in [0.1, 0.15) is 6.04 Å². The molecule has 4 N–H and O–H groups in total. The molecule has 0 fully saturated rings. The Kier molecular flexibility index (Phi) is 5.84. The molecule has 0 aromatic heterocycles. The van der Waals surface area contributed by atoms with Crippen molar-refractivity contribution in [3.05, 3.63) is 77.9 Å². The van der Waals surface area contributed by atoms with Crippen LogP contribution >= 0.6 is 0 Å². The predicted octanol–water partition coefficient (Wildman–Crippen LogP) is 2.46. The topological polar surface area (TPSA) is 74.8 Å². The number of nitrogens with two attached hydrogens (primary N) is 1. The van der Waals surface area contributed by atoms with Gasteiger partial charge in [0, 0.05) is 23.9 Å². The number of hydrogen-bond donors (Lipinski definition) is 3. The van der Waals surface area contributed by atoms with Gasteiger partial charge in [0.2, 0.25) is 0 Å². The fraction of sp³-hybridized carbons (Fsp3) is 0.182. The van der Waals surface area contributed by atoms with Crippen LogP contribution in [0.2, 0.25) is 0 Å². The number of anilines is 1. The van der Waals surface area contributed by atoms with E-state index in [2.05, 4.69) is 47.9 Å². The molecular formula is C22H24N3O2+. The zero-order valence-corrected chi connectivity index (χ0v) is 15.5. The van der Waals surface area contributed by atoms with Gasteiger partial charge in [-0.2, -0.15) is 0 Å². The third-order valence-electron chi connectivity index (χ3n) is 4.63. The SMILES string of the molecule is CNC(=O)c1ccc(NC(=O)C[NH2+][C@H](C)c2cccc3ccccc23)cc1. The lowest BCUT2D eigenvalue weighted by Crippen LogP contribution is -2.86. The minimum atomic E-state index is -0.148. The van der Waals surface area contributed by atoms with E-state index in [1.165, 1.54) is 16.3 Å². The summed E-state index contributed by atoms with van der Waals surface area (Å²) in [6.07, 6.45) is 0. The fourth-order valence-electron chi connectivity index (χ4n) is 3.12. The molecule has 3 aromatic carbocycles. The lowest BCUT2D eigenvalue weighted by molar-refractivity contribution is -0.682. The molecule has 0 saturated heterocycles. The molecule has 0 aliphatic heterocycles. The van der Waals surface area contributed by atoms with Crippen molar-refractivity contribution in [3.8, 4) is 0 Å². The first-order valence-corrected chi connectivity index (χ1v) is 9.01. The maximum absolute atomic E-state index is 12.3. The van der Waals surface area contributed by atoms with Crippen LogP contribution in [-0.4, -0.2) is 25.4 Å². The van der Waals surface area contributed by atoms with Crippen molar-refractivity contribution in [1.82, 2.24) is 5.32 Å². The van der Waals surface area contributed by atoms with Crippen LogP contribution in [0.25, 0.3) is 10.8 Å². The van der Waals surface area contributed by atoms with E-state index in [1.54, 1.807) is 31.3 Å². The molecule has 0 bridgehead atoms. The van der Waals surface area contributed by atoms with E-state index in [0.717, 1.165) is 0 Å². The van der Waals surface area contributed by atoms with Gasteiger partial charge < -0.3 is 16.0 Å². The third kappa shape index (κ3) is 4.51. The molecule has 3 aromatic rings. The molecule has 27 heavy (non-hydrogen) atoms. The number of nitrogens with one attached hydrogen (secondary N) is 2. The number of quaternary nitrogens is 1. The van der Waals surface area contributed by atoms with Crippen LogP contribution in [0.15, 0.2) is 66.7 Å². The van der Waals surface area contributed by atoms with Crippen molar-refractivity contribution in [1.29, 1.82) is 0 Å². The summed E-state index contributed by atoms with van der Waals surface area (Å²) in [4.78, 5) is 23.8. The summed E-state index contributed by atoms with van der Waals surface area (Å²) in [5.41, 5.74) is 2.46. The Labute approximate surface area is 158 Å². The van der Waals surface area contributed by atoms with Gasteiger partial charge in [-0.15, -0.1) is 0 Å². The fourth-order valence-corrected chi connectivity index (χ4v) is 3.12. The van der Waals surface area contributed by atoms with Crippen molar-refractivity contribution >= 4 is 28.3 Å². The standard InChI is InChI=1S/C22H23N3O2/c1-15(19-9-5-7-16-6-3-4-8-20(16)19)24-14-21(26)25-18-12-10-17(11-13-18)22(27)23-2/h3-13,15,24H,14H2,1-2H3,(H,23,27)(H,25,26)/p+1/t15-/m1/s1. The first kappa shape index (κ1) is 18.6. The molecule has 0 radical (unpaired) electrons. The number of rotatable bonds is 6. The molecule has 0 aliphatic rings. The Hall–Kier alpha value is -3.18. The number of hydrogen-bond acceptors (Lipinski definition) is 2. The molecule has 0 spiro atoms. The van der Waals surface area contributed by atoms with E-state index in [9.17, 15) is 9.59 Å². The van der Waals surface area contributed by atoms with Crippen LogP contribution in [0.3, 0.4) is 0 Å². The number of fused-ring (bicyclic) bond motifs is 1. The lowest BCUT2D eigenvalue weighted by Gasteiger charge is -2.14.